The highest BCUT2D eigenvalue weighted by molar-refractivity contribution is 6.58. The maximum Gasteiger partial charge on any atom is 0.488 e. The number of nitrogens with one attached hydrogen (secondary N) is 1. The van der Waals surface area contributed by atoms with E-state index in [2.05, 4.69) is 5.32 Å². The summed E-state index contributed by atoms with van der Waals surface area (Å²) in [5, 5.41) is 29.5. The number of carboxylic acid groups (broad SMARTS) is 1. The molecule has 0 heterocycles. The van der Waals surface area contributed by atoms with Crippen molar-refractivity contribution in [2.24, 2.45) is 0 Å². The monoisotopic (exact) mass is 308 g/mol. The van der Waals surface area contributed by atoms with Crippen molar-refractivity contribution in [2.75, 3.05) is 0 Å². The molecule has 1 atom stereocenters. The van der Waals surface area contributed by atoms with E-state index in [4.69, 9.17) is 14.8 Å². The second-order valence-electron chi connectivity index (χ2n) is 5.86. The summed E-state index contributed by atoms with van der Waals surface area (Å²) < 4.78 is 5.03. The van der Waals surface area contributed by atoms with E-state index in [-0.39, 0.29) is 6.42 Å². The van der Waals surface area contributed by atoms with Crippen molar-refractivity contribution in [1.82, 2.24) is 5.32 Å². The molecule has 8 heteroatoms. The number of hydrogen-bond donors (Lipinski definition) is 4. The summed E-state index contributed by atoms with van der Waals surface area (Å²) in [5.41, 5.74) is 0.218. The predicted molar refractivity (Wildman–Crippen MR) is 80.8 cm³/mol. The van der Waals surface area contributed by atoms with Crippen LogP contribution in [0.3, 0.4) is 0 Å². The lowest BCUT2D eigenvalue weighted by molar-refractivity contribution is -0.139. The van der Waals surface area contributed by atoms with Gasteiger partial charge in [-0.15, -0.1) is 0 Å². The van der Waals surface area contributed by atoms with E-state index in [0.717, 1.165) is 0 Å². The van der Waals surface area contributed by atoms with E-state index >= 15 is 0 Å². The average Bonchev–Trinajstić information content (AvgIpc) is 2.36. The highest BCUT2D eigenvalue weighted by Gasteiger charge is 2.24. The maximum absolute atomic E-state index is 11.6. The standard InChI is InChI=1S/C14H20BNO6/c1-14(2,3)22-13(19)16-11(12(17)18)8-9-4-6-10(7-5-9)15(20)21/h4-7,11,20-21H,8H2,1-3H3,(H,16,19)(H,17,18)/t11-/m0/s1/i15-1. The number of hydrogen-bond acceptors (Lipinski definition) is 5. The maximum atomic E-state index is 11.6. The third-order valence-electron chi connectivity index (χ3n) is 2.71. The van der Waals surface area contributed by atoms with Crippen LogP contribution in [0.2, 0.25) is 0 Å². The van der Waals surface area contributed by atoms with Gasteiger partial charge in [-0.05, 0) is 31.8 Å². The minimum Gasteiger partial charge on any atom is -0.480 e. The normalized spacial score (nSPS) is 12.4. The number of benzene rings is 1. The Morgan fingerprint density at radius 2 is 1.77 bits per heavy atom. The molecule has 22 heavy (non-hydrogen) atoms. The van der Waals surface area contributed by atoms with Crippen LogP contribution in [0.25, 0.3) is 0 Å². The molecule has 0 aliphatic heterocycles. The summed E-state index contributed by atoms with van der Waals surface area (Å²) in [6.07, 6.45) is -0.751. The first-order chi connectivity index (χ1) is 10.1. The fraction of sp³-hybridized carbons (Fsp3) is 0.429. The van der Waals surface area contributed by atoms with E-state index in [0.29, 0.717) is 11.0 Å². The molecule has 0 unspecified atom stereocenters. The van der Waals surface area contributed by atoms with Crippen LogP contribution >= 0.6 is 0 Å². The first-order valence-corrected chi connectivity index (χ1v) is 6.76. The lowest BCUT2D eigenvalue weighted by Gasteiger charge is -2.22. The first kappa shape index (κ1) is 18.0. The van der Waals surface area contributed by atoms with Crippen molar-refractivity contribution in [3.63, 3.8) is 0 Å². The summed E-state index contributed by atoms with van der Waals surface area (Å²) in [5.74, 6) is -1.18. The lowest BCUT2D eigenvalue weighted by Crippen LogP contribution is -2.44. The Kier molecular flexibility index (Phi) is 5.96. The molecule has 0 fully saturated rings. The summed E-state index contributed by atoms with van der Waals surface area (Å²) in [7, 11) is -1.58. The molecule has 1 amide bonds. The van der Waals surface area contributed by atoms with Gasteiger partial charge >= 0.3 is 19.2 Å². The van der Waals surface area contributed by atoms with Gasteiger partial charge in [-0.2, -0.15) is 0 Å². The number of carbonyl (C=O) groups excluding carboxylic acids is 1. The van der Waals surface area contributed by atoms with Gasteiger partial charge < -0.3 is 25.2 Å². The average molecular weight is 308 g/mol. The van der Waals surface area contributed by atoms with Crippen molar-refractivity contribution in [3.8, 4) is 0 Å². The second-order valence-corrected chi connectivity index (χ2v) is 5.86. The molecule has 0 bridgehead atoms. The summed E-state index contributed by atoms with van der Waals surface area (Å²) in [4.78, 5) is 22.9. The number of rotatable bonds is 5. The van der Waals surface area contributed by atoms with Crippen molar-refractivity contribution in [3.05, 3.63) is 29.8 Å². The molecular weight excluding hydrogens is 288 g/mol. The third kappa shape index (κ3) is 6.15. The Labute approximate surface area is 129 Å². The minimum absolute atomic E-state index is 0.0520. The number of carbonyl (C=O) groups is 2. The summed E-state index contributed by atoms with van der Waals surface area (Å²) >= 11 is 0. The van der Waals surface area contributed by atoms with Gasteiger partial charge in [0.05, 0.1) is 0 Å². The van der Waals surface area contributed by atoms with Crippen molar-refractivity contribution in [1.29, 1.82) is 0 Å². The Morgan fingerprint density at radius 3 is 2.18 bits per heavy atom. The van der Waals surface area contributed by atoms with Crippen LogP contribution in [-0.4, -0.2) is 46.0 Å². The van der Waals surface area contributed by atoms with Crippen LogP contribution in [0.15, 0.2) is 24.3 Å². The molecule has 0 aliphatic rings. The number of carboxylic acids is 1. The number of aliphatic carboxylic acids is 1. The Balaban J connectivity index is 2.72. The molecular formula is C14H20BNO6. The molecule has 0 saturated carbocycles. The number of alkyl carbamates (subject to hydrolysis) is 1. The van der Waals surface area contributed by atoms with Crippen LogP contribution in [-0.2, 0) is 16.0 Å². The van der Waals surface area contributed by atoms with Crippen LogP contribution in [0.5, 0.6) is 0 Å². The molecule has 4 N–H and O–H groups in total. The van der Waals surface area contributed by atoms with Crippen molar-refractivity contribution >= 4 is 24.6 Å². The molecule has 1 aromatic carbocycles. The quantitative estimate of drug-likeness (QED) is 0.564. The molecule has 7 nitrogen and oxygen atoms in total. The van der Waals surface area contributed by atoms with Gasteiger partial charge in [0.25, 0.3) is 0 Å². The molecule has 0 radical (unpaired) electrons. The molecule has 1 rings (SSSR count). The highest BCUT2D eigenvalue weighted by atomic mass is 16.6. The zero-order chi connectivity index (χ0) is 16.9. The lowest BCUT2D eigenvalue weighted by atomic mass is 9.26. The molecule has 0 aliphatic carbocycles. The fourth-order valence-corrected chi connectivity index (χ4v) is 1.71. The Morgan fingerprint density at radius 1 is 1.23 bits per heavy atom. The van der Waals surface area contributed by atoms with Crippen LogP contribution in [0.1, 0.15) is 26.3 Å². The van der Waals surface area contributed by atoms with Crippen molar-refractivity contribution < 1.29 is 29.5 Å². The SMILES string of the molecule is CC(C)(C)OC(=O)N[C@@H](Cc1ccc([10B](O)O)cc1)C(=O)O. The van der Waals surface area contributed by atoms with Crippen LogP contribution in [0.4, 0.5) is 4.79 Å². The molecule has 0 saturated heterocycles. The molecule has 0 aromatic heterocycles. The summed E-state index contributed by atoms with van der Waals surface area (Å²) in [6, 6.07) is 4.96. The molecule has 1 aromatic rings. The number of ether oxygens (including phenoxy) is 1. The van der Waals surface area contributed by atoms with Gasteiger partial charge in [-0.25, -0.2) is 9.59 Å². The van der Waals surface area contributed by atoms with E-state index < -0.39 is 30.8 Å². The number of amides is 1. The van der Waals surface area contributed by atoms with Crippen molar-refractivity contribution in [2.45, 2.75) is 38.8 Å². The van der Waals surface area contributed by atoms with Gasteiger partial charge in [-0.3, -0.25) is 0 Å². The highest BCUT2D eigenvalue weighted by Crippen LogP contribution is 2.08. The van der Waals surface area contributed by atoms with E-state index in [1.807, 2.05) is 0 Å². The van der Waals surface area contributed by atoms with E-state index in [9.17, 15) is 14.7 Å². The fourth-order valence-electron chi connectivity index (χ4n) is 1.71. The first-order valence-electron chi connectivity index (χ1n) is 6.76. The zero-order valence-corrected chi connectivity index (χ0v) is 12.7. The van der Waals surface area contributed by atoms with Gasteiger partial charge in [0.1, 0.15) is 11.6 Å². The van der Waals surface area contributed by atoms with Crippen LogP contribution in [0, 0.1) is 0 Å². The van der Waals surface area contributed by atoms with Gasteiger partial charge in [0, 0.05) is 6.42 Å². The Hall–Kier alpha value is -2.06. The minimum atomic E-state index is -1.58. The molecule has 120 valence electrons. The second kappa shape index (κ2) is 7.28. The van der Waals surface area contributed by atoms with E-state index in [1.165, 1.54) is 12.1 Å². The smallest absolute Gasteiger partial charge is 0.480 e. The van der Waals surface area contributed by atoms with Gasteiger partial charge in [0.2, 0.25) is 0 Å². The summed E-state index contributed by atoms with van der Waals surface area (Å²) in [6.45, 7) is 5.05. The third-order valence-corrected chi connectivity index (χ3v) is 2.71. The van der Waals surface area contributed by atoms with Gasteiger partial charge in [-0.1, -0.05) is 24.3 Å². The topological polar surface area (TPSA) is 116 Å². The largest absolute Gasteiger partial charge is 0.488 e. The Bertz CT molecular complexity index is 523. The van der Waals surface area contributed by atoms with E-state index in [1.54, 1.807) is 32.9 Å². The van der Waals surface area contributed by atoms with Crippen LogP contribution < -0.4 is 10.8 Å². The van der Waals surface area contributed by atoms with Gasteiger partial charge in [0.15, 0.2) is 0 Å². The predicted octanol–water partition coefficient (Wildman–Crippen LogP) is -0.113. The molecule has 0 spiro atoms. The zero-order valence-electron chi connectivity index (χ0n) is 12.7.